The van der Waals surface area contributed by atoms with Crippen LogP contribution in [0.5, 0.6) is 34.9 Å². The molecule has 0 unspecified atom stereocenters. The summed E-state index contributed by atoms with van der Waals surface area (Å²) < 4.78 is 53.5. The predicted octanol–water partition coefficient (Wildman–Crippen LogP) is 4.19. The van der Waals surface area contributed by atoms with Crippen LogP contribution in [-0.4, -0.2) is 169 Å². The molecule has 141 heavy (non-hydrogen) atoms. The number of nitrogens with zero attached hydrogens (tertiary/aromatic N) is 35. The molecule has 0 N–H and O–H groups in total. The molecule has 18 aromatic rings. The van der Waals surface area contributed by atoms with Crippen molar-refractivity contribution in [2.75, 3.05) is 0 Å². The van der Waals surface area contributed by atoms with E-state index in [1.54, 1.807) is 84.3 Å². The van der Waals surface area contributed by atoms with E-state index in [1.165, 1.54) is 92.5 Å². The largest absolute Gasteiger partial charge is 0.579 e. The first-order chi connectivity index (χ1) is 65.7. The van der Waals surface area contributed by atoms with Crippen molar-refractivity contribution in [3.8, 4) is 69.0 Å². The van der Waals surface area contributed by atoms with Crippen LogP contribution in [0.15, 0.2) is 197 Å². The third kappa shape index (κ3) is 30.4. The van der Waals surface area contributed by atoms with E-state index in [-0.39, 0.29) is 276 Å². The normalized spacial score (nSPS) is 10.3. The molecular weight excluding hydrogens is 2300 g/mol. The molecule has 0 aliphatic rings. The van der Waals surface area contributed by atoms with Crippen LogP contribution in [0.3, 0.4) is 0 Å². The second kappa shape index (κ2) is 58.7. The van der Waals surface area contributed by atoms with Crippen LogP contribution in [0.1, 0.15) is 108 Å². The number of aromatic nitrogens is 35. The van der Waals surface area contributed by atoms with E-state index in [2.05, 4.69) is 156 Å². The summed E-state index contributed by atoms with van der Waals surface area (Å²) in [4.78, 5) is 107. The molecule has 0 aliphatic carbocycles. The van der Waals surface area contributed by atoms with Gasteiger partial charge in [0.25, 0.3) is 0 Å². The molecule has 0 fully saturated rings. The van der Waals surface area contributed by atoms with Gasteiger partial charge in [-0.3, -0.25) is 4.98 Å². The van der Waals surface area contributed by atoms with Crippen molar-refractivity contribution >= 4 is 11.3 Å². The third-order valence-electron chi connectivity index (χ3n) is 20.2. The van der Waals surface area contributed by atoms with Crippen LogP contribution in [0, 0.1) is 31.2 Å². The van der Waals surface area contributed by atoms with Crippen LogP contribution in [-0.2, 0) is 317 Å². The van der Waals surface area contributed by atoms with Crippen molar-refractivity contribution in [3.63, 3.8) is 0 Å². The fourth-order valence-electron chi connectivity index (χ4n) is 13.3. The van der Waals surface area contributed by atoms with Gasteiger partial charge in [0.2, 0.25) is 6.08 Å². The van der Waals surface area contributed by atoms with Gasteiger partial charge in [0.05, 0.1) is 59.8 Å². The minimum absolute atomic E-state index is 0. The van der Waals surface area contributed by atoms with Crippen LogP contribution in [0.2, 0.25) is 0 Å². The molecule has 0 saturated heterocycles. The Hall–Kier alpha value is -10.8. The zero-order chi connectivity index (χ0) is 95.3. The van der Waals surface area contributed by atoms with Gasteiger partial charge in [-0.2, -0.15) is 62.4 Å². The number of oxazole rings is 1. The summed E-state index contributed by atoms with van der Waals surface area (Å²) in [6, 6.07) is 37.7. The van der Waals surface area contributed by atoms with Crippen LogP contribution >= 0.6 is 11.3 Å². The molecule has 0 spiro atoms. The third-order valence-corrected chi connectivity index (χ3v) is 20.8. The van der Waals surface area contributed by atoms with Crippen molar-refractivity contribution < 1.29 is 229 Å². The molecule has 0 atom stereocenters. The summed E-state index contributed by atoms with van der Waals surface area (Å²) in [7, 11) is 9.34. The van der Waals surface area contributed by atoms with Gasteiger partial charge in [0.1, 0.15) is 30.9 Å². The summed E-state index contributed by atoms with van der Waals surface area (Å²) in [5.41, 5.74) is 13.6. The molecule has 48 nitrogen and oxygen atoms in total. The Balaban J connectivity index is 0.000000228. The summed E-state index contributed by atoms with van der Waals surface area (Å²) in [6.07, 6.45) is 26.4. The summed E-state index contributed by atoms with van der Waals surface area (Å²) in [5, 5.41) is 55.7. The van der Waals surface area contributed by atoms with Crippen LogP contribution in [0.25, 0.3) is 34.1 Å². The molecule has 6 aromatic carbocycles. The van der Waals surface area contributed by atoms with Gasteiger partial charge in [-0.15, -0.1) is 18.6 Å². The SMILES string of the molecule is CCc1cccc(-n2nnn(C)c2=O)c1COc1cc[n-]n1.CCc1cccc(-n2nnn(C)c2=O)c1COc1ccn[c-]n1.CCc1cccc(-n2nnn(C)c2=O)c1COc1cnc[c-]n1.CCc1cccc(-n2nnn(C)c2=O)c1COc1n[c-]co1.CCc1cccc(-n2nnn(C)c2=O)c1COc1n[c-]cs1.CCc1cccc(-n2nnn(C)c2=O)c1COc1n[c-]ncn1.[Y].[Y].[Y].[Y].[Y].[Y]. The molecule has 12 aromatic heterocycles. The summed E-state index contributed by atoms with van der Waals surface area (Å²) >= 11 is 1.38. The first-order valence-corrected chi connectivity index (χ1v) is 42.5. The first-order valence-electron chi connectivity index (χ1n) is 41.6. The topological polar surface area (TPSA) is 528 Å². The zero-order valence-corrected chi connectivity index (χ0v) is 96.3. The number of thiazole rings is 1. The molecule has 6 radical (unpaired) electrons. The van der Waals surface area contributed by atoms with E-state index < -0.39 is 0 Å². The van der Waals surface area contributed by atoms with E-state index in [4.69, 9.17) is 32.8 Å². The summed E-state index contributed by atoms with van der Waals surface area (Å²) in [5.74, 6) is 1.24. The number of aryl methyl sites for hydroxylation is 12. The molecule has 714 valence electrons. The Bertz CT molecular complexity index is 6600. The molecule has 55 heteroatoms. The molecular formula is C86H87N35O13SY6-6. The van der Waals surface area contributed by atoms with Gasteiger partial charge in [0, 0.05) is 297 Å². The van der Waals surface area contributed by atoms with Gasteiger partial charge in [-0.05, 0) is 189 Å². The van der Waals surface area contributed by atoms with Gasteiger partial charge >= 0.3 is 34.1 Å². The maximum Gasteiger partial charge on any atom is 0.368 e. The minimum Gasteiger partial charge on any atom is -0.579 e. The van der Waals surface area contributed by atoms with Crippen LogP contribution in [0.4, 0.5) is 0 Å². The minimum atomic E-state index is -0.326. The van der Waals surface area contributed by atoms with Crippen molar-refractivity contribution in [1.29, 1.82) is 0 Å². The van der Waals surface area contributed by atoms with Crippen LogP contribution < -0.4 is 67.7 Å². The van der Waals surface area contributed by atoms with E-state index in [0.29, 0.717) is 63.6 Å². The number of benzene rings is 6. The molecule has 18 rings (SSSR count). The van der Waals surface area contributed by atoms with E-state index in [1.807, 2.05) is 132 Å². The van der Waals surface area contributed by atoms with E-state index >= 15 is 0 Å². The Morgan fingerprint density at radius 3 is 0.979 bits per heavy atom. The van der Waals surface area contributed by atoms with Crippen molar-refractivity contribution in [1.82, 2.24) is 174 Å². The van der Waals surface area contributed by atoms with Crippen molar-refractivity contribution in [2.24, 2.45) is 42.3 Å². The monoisotopic (exact) mass is 2380 g/mol. The Morgan fingerprint density at radius 1 is 0.348 bits per heavy atom. The molecule has 0 aliphatic heterocycles. The smallest absolute Gasteiger partial charge is 0.368 e. The maximum absolute atomic E-state index is 12.1. The molecule has 12 heterocycles. The number of rotatable bonds is 30. The quantitative estimate of drug-likeness (QED) is 0.0569. The second-order valence-corrected chi connectivity index (χ2v) is 29.1. The first kappa shape index (κ1) is 117. The number of hydrogen-bond donors (Lipinski definition) is 0. The Kier molecular flexibility index (Phi) is 48.8. The fraction of sp³-hybridized carbons (Fsp3) is 0.279. The average Bonchev–Trinajstić information content (AvgIpc) is 1.67. The Morgan fingerprint density at radius 2 is 0.695 bits per heavy atom. The predicted molar refractivity (Wildman–Crippen MR) is 476 cm³/mol. The van der Waals surface area contributed by atoms with E-state index in [9.17, 15) is 28.8 Å². The fourth-order valence-corrected chi connectivity index (χ4v) is 13.7. The number of hydrogen-bond acceptors (Lipinski definition) is 36. The standard InChI is InChI=1S/2C15H15N6O2.C14H14N7O2.C14H15N6O2.C14H14N5O3.C14H14N5O2S.6Y/c1-3-11-5-4-6-13(21-15(22)20(2)18-19-21)12(11)10-23-14-9-16-7-8-17-14;1-3-11-5-4-6-13(21-15(22)20(2)18-19-21)12(11)9-23-14-7-8-16-10-17-14;1-3-10-5-4-6-12(21-14(22)20(2)18-19-21)11(10)7-23-13-16-8-15-9-17-13;1-3-10-5-4-6-12(20-14(21)19(2)17-18-20)11(10)9-22-13-7-8-15-16-13;1-3-10-5-4-6-12(19-14(20)18(2)16-17-19)11(10)9-22-13-15-7-8-21-13;1-3-10-5-4-6-12(19-14(20)18(2)16-17-19)11(10)9-21-13-15-7-8-22-13;;;;;;/h4-7,9H,3,10H2,1-2H3;4-8H,3,9H2,1-2H3;4-6,8H,3,7H2,1-2H3;4-8H,3,9H2,1-2H3;2*4-6,8H,3,9H2,1-2H3;;;;;;/q6*-1;;;;;;. The summed E-state index contributed by atoms with van der Waals surface area (Å²) in [6.45, 7) is 13.7. The van der Waals surface area contributed by atoms with Gasteiger partial charge in [-0.25, -0.2) is 40.1 Å². The van der Waals surface area contributed by atoms with Gasteiger partial charge in [0.15, 0.2) is 11.9 Å². The maximum atomic E-state index is 12.1. The Labute approximate surface area is 958 Å². The van der Waals surface area contributed by atoms with Gasteiger partial charge < -0.3 is 82.9 Å². The van der Waals surface area contributed by atoms with Gasteiger partial charge in [-0.1, -0.05) is 132 Å². The number of ether oxygens (including phenoxy) is 6. The number of tetrazole rings is 6. The second-order valence-electron chi connectivity index (χ2n) is 28.3. The average molecular weight is 2380 g/mol. The zero-order valence-electron chi connectivity index (χ0n) is 78.4. The molecule has 0 bridgehead atoms. The van der Waals surface area contributed by atoms with Crippen molar-refractivity contribution in [2.45, 2.75) is 120 Å². The molecule has 0 amide bonds. The molecule has 0 saturated carbocycles. The van der Waals surface area contributed by atoms with Crippen molar-refractivity contribution in [3.05, 3.63) is 325 Å². The van der Waals surface area contributed by atoms with E-state index in [0.717, 1.165) is 105 Å².